The summed E-state index contributed by atoms with van der Waals surface area (Å²) in [5.41, 5.74) is 12.0. The van der Waals surface area contributed by atoms with Gasteiger partial charge in [0.25, 0.3) is 0 Å². The Morgan fingerprint density at radius 1 is 1.02 bits per heavy atom. The zero-order chi connectivity index (χ0) is 31.1. The Morgan fingerprint density at radius 2 is 1.80 bits per heavy atom. The average Bonchev–Trinajstić information content (AvgIpc) is 3.51. The molecule has 1 aliphatic rings. The third-order valence-electron chi connectivity index (χ3n) is 9.02. The van der Waals surface area contributed by atoms with Gasteiger partial charge in [0.1, 0.15) is 5.78 Å². The summed E-state index contributed by atoms with van der Waals surface area (Å²) in [4.78, 5) is 39.5. The van der Waals surface area contributed by atoms with Crippen molar-refractivity contribution in [3.05, 3.63) is 83.6 Å². The number of aryl methyl sites for hydroxylation is 1. The van der Waals surface area contributed by atoms with Gasteiger partial charge >= 0.3 is 0 Å². The van der Waals surface area contributed by atoms with Crippen LogP contribution in [0.15, 0.2) is 66.9 Å². The van der Waals surface area contributed by atoms with Crippen molar-refractivity contribution < 1.29 is 19.5 Å². The molecule has 5 N–H and O–H groups in total. The predicted molar refractivity (Wildman–Crippen MR) is 173 cm³/mol. The maximum Gasteiger partial charge on any atom is 0.228 e. The Bertz CT molecular complexity index is 1600. The molecule has 44 heavy (non-hydrogen) atoms. The second kappa shape index (κ2) is 14.6. The number of anilines is 1. The molecule has 4 aromatic rings. The van der Waals surface area contributed by atoms with Crippen LogP contribution in [0.25, 0.3) is 22.0 Å². The molecule has 8 nitrogen and oxygen atoms in total. The fourth-order valence-electron chi connectivity index (χ4n) is 6.30. The average molecular weight is 595 g/mol. The highest BCUT2D eigenvalue weighted by atomic mass is 16.3. The van der Waals surface area contributed by atoms with Gasteiger partial charge in [0.05, 0.1) is 11.7 Å². The van der Waals surface area contributed by atoms with Gasteiger partial charge in [0, 0.05) is 47.9 Å². The van der Waals surface area contributed by atoms with Crippen LogP contribution in [0.5, 0.6) is 0 Å². The molecule has 230 valence electrons. The number of nitrogens with two attached hydrogens (primary N) is 1. The van der Waals surface area contributed by atoms with Crippen LogP contribution in [0, 0.1) is 24.7 Å². The molecule has 1 atom stereocenters. The third kappa shape index (κ3) is 7.68. The quantitative estimate of drug-likeness (QED) is 0.140. The summed E-state index contributed by atoms with van der Waals surface area (Å²) in [7, 11) is 0. The largest absolute Gasteiger partial charge is 0.396 e. The van der Waals surface area contributed by atoms with Crippen LogP contribution in [0.4, 0.5) is 5.69 Å². The molecule has 0 spiro atoms. The summed E-state index contributed by atoms with van der Waals surface area (Å²) in [5.74, 6) is -0.0255. The van der Waals surface area contributed by atoms with Crippen LogP contribution in [0.3, 0.4) is 0 Å². The molecule has 0 aliphatic heterocycles. The van der Waals surface area contributed by atoms with Crippen LogP contribution in [0.2, 0.25) is 0 Å². The summed E-state index contributed by atoms with van der Waals surface area (Å²) in [5, 5.41) is 20.0. The highest BCUT2D eigenvalue weighted by Gasteiger charge is 2.30. The molecule has 1 aromatic heterocycles. The number of aromatic nitrogens is 2. The molecule has 1 fully saturated rings. The fourth-order valence-corrected chi connectivity index (χ4v) is 6.30. The molecule has 0 radical (unpaired) electrons. The SMILES string of the molecule is Cc1cc(C(=O)CCCO)ccc1-c1ccc(C[C@H](CC(=O)C2CCC(CN)CC2)C(=O)Nc2ccc3cn[nH]c3c2)cc1. The number of H-pyrrole nitrogens is 1. The van der Waals surface area contributed by atoms with Gasteiger partial charge in [-0.05, 0) is 104 Å². The van der Waals surface area contributed by atoms with Crippen LogP contribution < -0.4 is 11.1 Å². The van der Waals surface area contributed by atoms with Crippen molar-refractivity contribution in [2.45, 2.75) is 58.3 Å². The van der Waals surface area contributed by atoms with Gasteiger partial charge < -0.3 is 16.2 Å². The first-order valence-electron chi connectivity index (χ1n) is 15.7. The Morgan fingerprint density at radius 3 is 2.50 bits per heavy atom. The monoisotopic (exact) mass is 594 g/mol. The topological polar surface area (TPSA) is 138 Å². The number of amides is 1. The second-order valence-electron chi connectivity index (χ2n) is 12.2. The number of nitrogens with one attached hydrogen (secondary N) is 2. The van der Waals surface area contributed by atoms with Gasteiger partial charge in [-0.2, -0.15) is 5.10 Å². The highest BCUT2D eigenvalue weighted by molar-refractivity contribution is 5.98. The fraction of sp³-hybridized carbons (Fsp3) is 0.389. The summed E-state index contributed by atoms with van der Waals surface area (Å²) >= 11 is 0. The lowest BCUT2D eigenvalue weighted by atomic mass is 9.77. The molecule has 3 aromatic carbocycles. The van der Waals surface area contributed by atoms with Crippen LogP contribution in [-0.2, 0) is 16.0 Å². The van der Waals surface area contributed by atoms with Crippen LogP contribution >= 0.6 is 0 Å². The van der Waals surface area contributed by atoms with Gasteiger partial charge in [0.2, 0.25) is 5.91 Å². The van der Waals surface area contributed by atoms with E-state index in [1.54, 1.807) is 6.20 Å². The number of aliphatic hydroxyl groups is 1. The summed E-state index contributed by atoms with van der Waals surface area (Å²) in [6.07, 6.45) is 6.77. The minimum absolute atomic E-state index is 0.00254. The number of ketones is 2. The number of hydrogen-bond donors (Lipinski definition) is 4. The Balaban J connectivity index is 1.31. The molecule has 8 heteroatoms. The van der Waals surface area contributed by atoms with Gasteiger partial charge in [-0.25, -0.2) is 0 Å². The van der Waals surface area contributed by atoms with Crippen molar-refractivity contribution in [2.24, 2.45) is 23.5 Å². The van der Waals surface area contributed by atoms with Crippen molar-refractivity contribution in [3.63, 3.8) is 0 Å². The van der Waals surface area contributed by atoms with Crippen molar-refractivity contribution in [3.8, 4) is 11.1 Å². The summed E-state index contributed by atoms with van der Waals surface area (Å²) in [6.45, 7) is 2.65. The van der Waals surface area contributed by atoms with Crippen molar-refractivity contribution in [1.82, 2.24) is 10.2 Å². The second-order valence-corrected chi connectivity index (χ2v) is 12.2. The molecule has 1 saturated carbocycles. The number of hydrogen-bond acceptors (Lipinski definition) is 6. The number of benzene rings is 3. The van der Waals surface area contributed by atoms with Crippen molar-refractivity contribution in [1.29, 1.82) is 0 Å². The number of rotatable bonds is 13. The molecule has 0 bridgehead atoms. The summed E-state index contributed by atoms with van der Waals surface area (Å²) in [6, 6.07) is 19.4. The number of carbonyl (C=O) groups excluding carboxylic acids is 3. The van der Waals surface area contributed by atoms with E-state index >= 15 is 0 Å². The van der Waals surface area contributed by atoms with Gasteiger partial charge in [-0.15, -0.1) is 0 Å². The molecule has 1 amide bonds. The van der Waals surface area contributed by atoms with Crippen molar-refractivity contribution >= 4 is 34.1 Å². The molecule has 0 unspecified atom stereocenters. The standard InChI is InChI=1S/C36H42N4O4/c1-23-17-28(34(42)3-2-16-41)13-15-32(23)26-8-4-24(5-9-26)18-30(19-35(43)27-10-6-25(21-37)7-11-27)36(44)39-31-14-12-29-22-38-40-33(29)20-31/h4-5,8-9,12-15,17,20,22,25,27,30,41H,2-3,6-7,10-11,16,18-19,21,37H2,1H3,(H,38,40)(H,39,44)/t25?,27?,30-/m1/s1. The van der Waals surface area contributed by atoms with E-state index < -0.39 is 5.92 Å². The van der Waals surface area contributed by atoms with E-state index in [-0.39, 0.29) is 36.4 Å². The van der Waals surface area contributed by atoms with Gasteiger partial charge in [-0.3, -0.25) is 19.5 Å². The zero-order valence-electron chi connectivity index (χ0n) is 25.4. The first kappa shape index (κ1) is 31.3. The van der Waals surface area contributed by atoms with E-state index in [0.717, 1.165) is 58.8 Å². The lowest BCUT2D eigenvalue weighted by Gasteiger charge is -2.27. The number of fused-ring (bicyclic) bond motifs is 1. The van der Waals surface area contributed by atoms with Gasteiger partial charge in [0.15, 0.2) is 5.78 Å². The smallest absolute Gasteiger partial charge is 0.228 e. The van der Waals surface area contributed by atoms with Gasteiger partial charge in [-0.1, -0.05) is 36.4 Å². The molecule has 5 rings (SSSR count). The van der Waals surface area contributed by atoms with Crippen LogP contribution in [0.1, 0.15) is 66.4 Å². The number of aromatic amines is 1. The van der Waals surface area contributed by atoms with E-state index in [9.17, 15) is 14.4 Å². The molecule has 0 saturated heterocycles. The number of aliphatic hydroxyl groups excluding tert-OH is 1. The normalized spacial score (nSPS) is 17.3. The zero-order valence-corrected chi connectivity index (χ0v) is 25.4. The number of Topliss-reactive ketones (excluding diaryl/α,β-unsaturated/α-hetero) is 2. The van der Waals surface area contributed by atoms with E-state index in [2.05, 4.69) is 15.5 Å². The Hall–Kier alpha value is -4.14. The van der Waals surface area contributed by atoms with Crippen LogP contribution in [-0.4, -0.2) is 45.9 Å². The molecule has 1 heterocycles. The molecular formula is C36H42N4O4. The first-order chi connectivity index (χ1) is 21.3. The third-order valence-corrected chi connectivity index (χ3v) is 9.02. The van der Waals surface area contributed by atoms with E-state index in [0.29, 0.717) is 43.0 Å². The first-order valence-corrected chi connectivity index (χ1v) is 15.7. The molecule has 1 aliphatic carbocycles. The highest BCUT2D eigenvalue weighted by Crippen LogP contribution is 2.32. The minimum atomic E-state index is -0.510. The number of nitrogens with zero attached hydrogens (tertiary/aromatic N) is 1. The Kier molecular flexibility index (Phi) is 10.4. The summed E-state index contributed by atoms with van der Waals surface area (Å²) < 4.78 is 0. The Labute approximate surface area is 258 Å². The van der Waals surface area contributed by atoms with E-state index in [1.807, 2.05) is 67.6 Å². The maximum atomic E-state index is 13.6. The lowest BCUT2D eigenvalue weighted by molar-refractivity contribution is -0.129. The maximum absolute atomic E-state index is 13.6. The lowest BCUT2D eigenvalue weighted by Crippen LogP contribution is -2.31. The van der Waals surface area contributed by atoms with E-state index in [4.69, 9.17) is 10.8 Å². The minimum Gasteiger partial charge on any atom is -0.396 e. The number of carbonyl (C=O) groups is 3. The van der Waals surface area contributed by atoms with Crippen molar-refractivity contribution in [2.75, 3.05) is 18.5 Å². The predicted octanol–water partition coefficient (Wildman–Crippen LogP) is 6.02. The van der Waals surface area contributed by atoms with E-state index in [1.165, 1.54) is 0 Å². The molecular weight excluding hydrogens is 552 g/mol.